The molecular weight excluding hydrogens is 546 g/mol. The van der Waals surface area contributed by atoms with Gasteiger partial charge in [0, 0.05) is 24.0 Å². The zero-order chi connectivity index (χ0) is 28.1. The highest BCUT2D eigenvalue weighted by Gasteiger charge is 2.52. The first-order valence-corrected chi connectivity index (χ1v) is 13.6. The normalized spacial score (nSPS) is 22.7. The summed E-state index contributed by atoms with van der Waals surface area (Å²) in [5.74, 6) is 1.70. The van der Waals surface area contributed by atoms with E-state index in [9.17, 15) is 14.3 Å². The second-order valence-electron chi connectivity index (χ2n) is 11.4. The zero-order valence-corrected chi connectivity index (χ0v) is 23.7. The number of ether oxygens (including phenoxy) is 2. The second-order valence-corrected chi connectivity index (χ2v) is 12.2. The van der Waals surface area contributed by atoms with E-state index in [4.69, 9.17) is 32.7 Å². The van der Waals surface area contributed by atoms with Gasteiger partial charge in [0.2, 0.25) is 0 Å². The highest BCUT2D eigenvalue weighted by Crippen LogP contribution is 2.50. The van der Waals surface area contributed by atoms with Crippen LogP contribution in [-0.2, 0) is 0 Å². The largest absolute Gasteiger partial charge is 0.493 e. The van der Waals surface area contributed by atoms with Crippen LogP contribution in [0.15, 0.2) is 30.6 Å². The van der Waals surface area contributed by atoms with Crippen LogP contribution in [0, 0.1) is 29.0 Å². The summed E-state index contributed by atoms with van der Waals surface area (Å²) < 4.78 is 26.5. The Labute approximate surface area is 236 Å². The number of nitrogens with one attached hydrogen (secondary N) is 1. The van der Waals surface area contributed by atoms with Crippen LogP contribution < -0.4 is 14.8 Å². The lowest BCUT2D eigenvalue weighted by Crippen LogP contribution is -2.45. The van der Waals surface area contributed by atoms with Gasteiger partial charge in [-0.3, -0.25) is 0 Å². The third-order valence-corrected chi connectivity index (χ3v) is 8.62. The molecular formula is C28H31Cl2FN4O4. The molecule has 2 heterocycles. The quantitative estimate of drug-likeness (QED) is 0.298. The molecule has 208 valence electrons. The molecule has 1 amide bonds. The van der Waals surface area contributed by atoms with Gasteiger partial charge in [-0.05, 0) is 54.2 Å². The molecule has 2 fully saturated rings. The fraction of sp³-hybridized carbons (Fsp3) is 0.464. The molecule has 1 aliphatic heterocycles. The van der Waals surface area contributed by atoms with Gasteiger partial charge in [0.1, 0.15) is 12.1 Å². The number of hydrogen-bond donors (Lipinski definition) is 2. The van der Waals surface area contributed by atoms with E-state index in [1.54, 1.807) is 24.1 Å². The van der Waals surface area contributed by atoms with E-state index in [-0.39, 0.29) is 27.2 Å². The van der Waals surface area contributed by atoms with Crippen molar-refractivity contribution >= 4 is 51.7 Å². The highest BCUT2D eigenvalue weighted by atomic mass is 35.5. The predicted molar refractivity (Wildman–Crippen MR) is 149 cm³/mol. The lowest BCUT2D eigenvalue weighted by atomic mass is 9.77. The molecule has 4 atom stereocenters. The van der Waals surface area contributed by atoms with Gasteiger partial charge >= 0.3 is 6.09 Å². The monoisotopic (exact) mass is 576 g/mol. The molecule has 1 saturated carbocycles. The molecule has 5 rings (SSSR count). The maximum absolute atomic E-state index is 14.6. The van der Waals surface area contributed by atoms with Crippen molar-refractivity contribution in [2.24, 2.45) is 23.2 Å². The van der Waals surface area contributed by atoms with Crippen LogP contribution in [0.3, 0.4) is 0 Å². The maximum Gasteiger partial charge on any atom is 0.407 e. The van der Waals surface area contributed by atoms with Gasteiger partial charge in [-0.1, -0.05) is 44.0 Å². The third-order valence-electron chi connectivity index (χ3n) is 7.84. The number of likely N-dealkylation sites (tertiary alicyclic amines) is 1. The lowest BCUT2D eigenvalue weighted by molar-refractivity contribution is 0.0858. The number of benzene rings is 2. The summed E-state index contributed by atoms with van der Waals surface area (Å²) in [5.41, 5.74) is 0.586. The molecule has 39 heavy (non-hydrogen) atoms. The summed E-state index contributed by atoms with van der Waals surface area (Å²) in [5, 5.41) is 13.3. The lowest BCUT2D eigenvalue weighted by Gasteiger charge is -2.37. The van der Waals surface area contributed by atoms with Crippen LogP contribution in [-0.4, -0.2) is 52.4 Å². The summed E-state index contributed by atoms with van der Waals surface area (Å²) in [6.07, 6.45) is 2.38. The van der Waals surface area contributed by atoms with Gasteiger partial charge in [-0.2, -0.15) is 0 Å². The zero-order valence-electron chi connectivity index (χ0n) is 22.2. The summed E-state index contributed by atoms with van der Waals surface area (Å²) in [6.45, 7) is 7.40. The molecule has 2 aliphatic rings. The fourth-order valence-electron chi connectivity index (χ4n) is 6.31. The molecule has 3 aromatic rings. The Balaban J connectivity index is 1.34. The first-order valence-electron chi connectivity index (χ1n) is 12.8. The second kappa shape index (κ2) is 10.5. The van der Waals surface area contributed by atoms with Gasteiger partial charge < -0.3 is 24.8 Å². The van der Waals surface area contributed by atoms with Gasteiger partial charge in [0.15, 0.2) is 17.3 Å². The minimum atomic E-state index is -0.837. The molecule has 0 bridgehead atoms. The SMILES string of the molecule is COc1cc2c(Nc3ccc(Cl)c(Cl)c3F)ncnc2cc1OCC1C[C@H]2CN(C(=O)O)C(C(C)(C)C)[C@H]2C1. The van der Waals surface area contributed by atoms with Gasteiger partial charge in [0.25, 0.3) is 0 Å². The van der Waals surface area contributed by atoms with Crippen LogP contribution in [0.25, 0.3) is 10.9 Å². The summed E-state index contributed by atoms with van der Waals surface area (Å²) in [4.78, 5) is 22.2. The molecule has 1 saturated heterocycles. The van der Waals surface area contributed by atoms with Gasteiger partial charge in [-0.15, -0.1) is 0 Å². The van der Waals surface area contributed by atoms with E-state index in [0.29, 0.717) is 59.1 Å². The Morgan fingerprint density at radius 3 is 2.67 bits per heavy atom. The Kier molecular flexibility index (Phi) is 7.41. The number of nitrogens with zero attached hydrogens (tertiary/aromatic N) is 3. The Morgan fingerprint density at radius 2 is 1.97 bits per heavy atom. The Morgan fingerprint density at radius 1 is 1.21 bits per heavy atom. The van der Waals surface area contributed by atoms with Crippen molar-refractivity contribution in [3.8, 4) is 11.5 Å². The fourth-order valence-corrected chi connectivity index (χ4v) is 6.62. The van der Waals surface area contributed by atoms with Crippen LogP contribution in [0.2, 0.25) is 10.0 Å². The maximum atomic E-state index is 14.6. The van der Waals surface area contributed by atoms with Crippen LogP contribution in [0.4, 0.5) is 20.7 Å². The number of fused-ring (bicyclic) bond motifs is 2. The van der Waals surface area contributed by atoms with Crippen molar-refractivity contribution in [1.29, 1.82) is 0 Å². The van der Waals surface area contributed by atoms with Crippen LogP contribution >= 0.6 is 23.2 Å². The van der Waals surface area contributed by atoms with E-state index in [2.05, 4.69) is 36.1 Å². The van der Waals surface area contributed by atoms with Gasteiger partial charge in [-0.25, -0.2) is 19.2 Å². The molecule has 1 aliphatic carbocycles. The van der Waals surface area contributed by atoms with E-state index in [0.717, 1.165) is 12.8 Å². The van der Waals surface area contributed by atoms with Crippen molar-refractivity contribution in [3.05, 3.63) is 46.5 Å². The first kappa shape index (κ1) is 27.5. The molecule has 8 nitrogen and oxygen atoms in total. The highest BCUT2D eigenvalue weighted by molar-refractivity contribution is 6.42. The first-order chi connectivity index (χ1) is 18.5. The number of amides is 1. The molecule has 1 aromatic heterocycles. The van der Waals surface area contributed by atoms with Crippen molar-refractivity contribution in [1.82, 2.24) is 14.9 Å². The molecule has 2 aromatic carbocycles. The number of anilines is 2. The Bertz CT molecular complexity index is 1420. The van der Waals surface area contributed by atoms with E-state index in [1.165, 1.54) is 18.5 Å². The number of carbonyl (C=O) groups is 1. The van der Waals surface area contributed by atoms with E-state index in [1.807, 2.05) is 0 Å². The Hall–Kier alpha value is -3.04. The number of aromatic nitrogens is 2. The summed E-state index contributed by atoms with van der Waals surface area (Å²) in [7, 11) is 1.55. The van der Waals surface area contributed by atoms with Crippen molar-refractivity contribution < 1.29 is 23.8 Å². The average molecular weight is 577 g/mol. The third kappa shape index (κ3) is 5.26. The number of rotatable bonds is 6. The molecule has 2 N–H and O–H groups in total. The smallest absolute Gasteiger partial charge is 0.407 e. The van der Waals surface area contributed by atoms with Crippen molar-refractivity contribution in [2.75, 3.05) is 25.6 Å². The van der Waals surface area contributed by atoms with Crippen molar-refractivity contribution in [2.45, 2.75) is 39.7 Å². The molecule has 2 unspecified atom stereocenters. The summed E-state index contributed by atoms with van der Waals surface area (Å²) >= 11 is 11.9. The molecule has 0 spiro atoms. The standard InChI is InChI=1S/C28H31Cl2FN4O4/c1-28(2,3)25-16-8-14(7-15(16)11-35(25)27(36)37)12-39-22-10-20-17(9-21(22)38-4)26(33-13-32-20)34-19-6-5-18(29)23(30)24(19)31/h5-6,9-10,13-16,25H,7-8,11-12H2,1-4H3,(H,36,37)(H,32,33,34)/t14?,15-,16-,25?/m0/s1. The minimum absolute atomic E-state index is 0.0109. The molecule has 11 heteroatoms. The van der Waals surface area contributed by atoms with Crippen LogP contribution in [0.5, 0.6) is 11.5 Å². The van der Waals surface area contributed by atoms with E-state index >= 15 is 0 Å². The predicted octanol–water partition coefficient (Wildman–Crippen LogP) is 7.26. The van der Waals surface area contributed by atoms with Crippen LogP contribution in [0.1, 0.15) is 33.6 Å². The summed E-state index contributed by atoms with van der Waals surface area (Å²) in [6, 6.07) is 6.52. The number of methoxy groups -OCH3 is 1. The van der Waals surface area contributed by atoms with E-state index < -0.39 is 11.9 Å². The number of carboxylic acid groups (broad SMARTS) is 1. The number of hydrogen-bond acceptors (Lipinski definition) is 6. The average Bonchev–Trinajstić information content (AvgIpc) is 3.45. The van der Waals surface area contributed by atoms with Gasteiger partial charge in [0.05, 0.1) is 35.0 Å². The molecule has 0 radical (unpaired) electrons. The number of halogens is 3. The minimum Gasteiger partial charge on any atom is -0.493 e. The van der Waals surface area contributed by atoms with Crippen molar-refractivity contribution in [3.63, 3.8) is 0 Å². The topological polar surface area (TPSA) is 96.8 Å².